The van der Waals surface area contributed by atoms with E-state index < -0.39 is 0 Å². The molecule has 1 heterocycles. The molecule has 3 heteroatoms. The maximum absolute atomic E-state index is 12.0. The lowest BCUT2D eigenvalue weighted by molar-refractivity contribution is -0.00717. The van der Waals surface area contributed by atoms with Crippen molar-refractivity contribution in [3.8, 4) is 0 Å². The van der Waals surface area contributed by atoms with E-state index >= 15 is 0 Å². The molecule has 0 N–H and O–H groups in total. The van der Waals surface area contributed by atoms with Crippen LogP contribution >= 0.6 is 0 Å². The fourth-order valence-corrected chi connectivity index (χ4v) is 3.05. The summed E-state index contributed by atoms with van der Waals surface area (Å²) in [6.45, 7) is 6.72. The van der Waals surface area contributed by atoms with Crippen LogP contribution in [0.5, 0.6) is 0 Å². The first-order valence-corrected chi connectivity index (χ1v) is 6.57. The highest BCUT2D eigenvalue weighted by Gasteiger charge is 2.34. The molecule has 1 aromatic rings. The van der Waals surface area contributed by atoms with Crippen LogP contribution in [-0.4, -0.2) is 17.1 Å². The highest BCUT2D eigenvalue weighted by molar-refractivity contribution is 5.89. The number of nitrogens with zero attached hydrogens (tertiary/aromatic N) is 1. The summed E-state index contributed by atoms with van der Waals surface area (Å²) in [5.74, 6) is 0.360. The van der Waals surface area contributed by atoms with Gasteiger partial charge in [-0.2, -0.15) is 0 Å². The van der Waals surface area contributed by atoms with Crippen molar-refractivity contribution in [1.82, 2.24) is 4.98 Å². The van der Waals surface area contributed by atoms with E-state index in [1.165, 1.54) is 6.42 Å². The predicted molar refractivity (Wildman–Crippen MR) is 70.2 cm³/mol. The lowest BCUT2D eigenvalue weighted by atomic mass is 9.71. The fourth-order valence-electron chi connectivity index (χ4n) is 3.05. The van der Waals surface area contributed by atoms with Crippen molar-refractivity contribution < 1.29 is 9.53 Å². The quantitative estimate of drug-likeness (QED) is 0.751. The summed E-state index contributed by atoms with van der Waals surface area (Å²) in [5.41, 5.74) is 0.797. The molecule has 1 unspecified atom stereocenters. The SMILES string of the molecule is C[C@@H]1CC(OC(=O)c2cccnc2)CC(C)(C)C1. The predicted octanol–water partition coefficient (Wildman–Crippen LogP) is 3.45. The lowest BCUT2D eigenvalue weighted by Crippen LogP contribution is -2.34. The maximum Gasteiger partial charge on any atom is 0.339 e. The van der Waals surface area contributed by atoms with Crippen LogP contribution in [0.15, 0.2) is 24.5 Å². The molecule has 0 radical (unpaired) electrons. The summed E-state index contributed by atoms with van der Waals surface area (Å²) in [4.78, 5) is 15.9. The Morgan fingerprint density at radius 1 is 1.44 bits per heavy atom. The Kier molecular flexibility index (Phi) is 3.69. The summed E-state index contributed by atoms with van der Waals surface area (Å²) in [6, 6.07) is 3.50. The first kappa shape index (κ1) is 13.1. The van der Waals surface area contributed by atoms with Gasteiger partial charge in [0.25, 0.3) is 0 Å². The minimum Gasteiger partial charge on any atom is -0.459 e. The first-order valence-electron chi connectivity index (χ1n) is 6.57. The van der Waals surface area contributed by atoms with Crippen LogP contribution in [0.1, 0.15) is 50.4 Å². The van der Waals surface area contributed by atoms with Gasteiger partial charge in [0.05, 0.1) is 5.56 Å². The maximum atomic E-state index is 12.0. The van der Waals surface area contributed by atoms with Gasteiger partial charge in [-0.25, -0.2) is 4.79 Å². The standard InChI is InChI=1S/C15H21NO2/c1-11-7-13(9-15(2,3)8-11)18-14(17)12-5-4-6-16-10-12/h4-6,10-11,13H,7-9H2,1-3H3/t11-,13?/m1/s1. The summed E-state index contributed by atoms with van der Waals surface area (Å²) >= 11 is 0. The van der Waals surface area contributed by atoms with Crippen LogP contribution in [0.3, 0.4) is 0 Å². The Bertz CT molecular complexity index is 414. The number of pyridine rings is 1. The Hall–Kier alpha value is -1.38. The average Bonchev–Trinajstić information content (AvgIpc) is 2.27. The molecular formula is C15H21NO2. The molecule has 98 valence electrons. The van der Waals surface area contributed by atoms with E-state index in [1.54, 1.807) is 24.5 Å². The zero-order valence-corrected chi connectivity index (χ0v) is 11.3. The second-order valence-electron chi connectivity index (χ2n) is 6.18. The van der Waals surface area contributed by atoms with Crippen molar-refractivity contribution in [2.75, 3.05) is 0 Å². The summed E-state index contributed by atoms with van der Waals surface area (Å²) in [7, 11) is 0. The van der Waals surface area contributed by atoms with Crippen LogP contribution in [0.25, 0.3) is 0 Å². The number of esters is 1. The molecule has 1 fully saturated rings. The Labute approximate surface area is 109 Å². The highest BCUT2D eigenvalue weighted by atomic mass is 16.5. The Morgan fingerprint density at radius 2 is 2.22 bits per heavy atom. The van der Waals surface area contributed by atoms with Crippen molar-refractivity contribution >= 4 is 5.97 Å². The molecule has 0 spiro atoms. The van der Waals surface area contributed by atoms with E-state index in [9.17, 15) is 4.79 Å². The van der Waals surface area contributed by atoms with E-state index in [2.05, 4.69) is 25.8 Å². The van der Waals surface area contributed by atoms with Crippen molar-refractivity contribution in [3.05, 3.63) is 30.1 Å². The number of carbonyl (C=O) groups is 1. The van der Waals surface area contributed by atoms with E-state index in [-0.39, 0.29) is 17.5 Å². The van der Waals surface area contributed by atoms with Gasteiger partial charge in [-0.15, -0.1) is 0 Å². The zero-order chi connectivity index (χ0) is 13.2. The number of ether oxygens (including phenoxy) is 1. The van der Waals surface area contributed by atoms with Gasteiger partial charge in [-0.05, 0) is 42.7 Å². The topological polar surface area (TPSA) is 39.2 Å². The summed E-state index contributed by atoms with van der Waals surface area (Å²) < 4.78 is 5.60. The third-order valence-corrected chi connectivity index (χ3v) is 3.52. The number of hydrogen-bond acceptors (Lipinski definition) is 3. The molecule has 0 bridgehead atoms. The molecule has 3 nitrogen and oxygen atoms in total. The molecule has 0 saturated heterocycles. The lowest BCUT2D eigenvalue weighted by Gasteiger charge is -2.38. The first-order chi connectivity index (χ1) is 8.46. The number of carbonyl (C=O) groups excluding carboxylic acids is 1. The molecule has 1 saturated carbocycles. The van der Waals surface area contributed by atoms with Gasteiger partial charge in [0.2, 0.25) is 0 Å². The van der Waals surface area contributed by atoms with Crippen molar-refractivity contribution in [3.63, 3.8) is 0 Å². The number of hydrogen-bond donors (Lipinski definition) is 0. The molecule has 1 aliphatic rings. The van der Waals surface area contributed by atoms with Crippen molar-refractivity contribution in [2.45, 2.75) is 46.1 Å². The van der Waals surface area contributed by atoms with Gasteiger partial charge in [-0.1, -0.05) is 20.8 Å². The Balaban J connectivity index is 1.99. The smallest absolute Gasteiger partial charge is 0.339 e. The summed E-state index contributed by atoms with van der Waals surface area (Å²) in [6.07, 6.45) is 6.37. The van der Waals surface area contributed by atoms with Crippen molar-refractivity contribution in [2.24, 2.45) is 11.3 Å². The molecule has 1 aliphatic carbocycles. The minimum atomic E-state index is -0.252. The van der Waals surface area contributed by atoms with Gasteiger partial charge in [-0.3, -0.25) is 4.98 Å². The van der Waals surface area contributed by atoms with Crippen LogP contribution in [0.2, 0.25) is 0 Å². The molecule has 2 atom stereocenters. The van der Waals surface area contributed by atoms with E-state index in [4.69, 9.17) is 4.74 Å². The number of aromatic nitrogens is 1. The third kappa shape index (κ3) is 3.31. The molecule has 0 aromatic carbocycles. The van der Waals surface area contributed by atoms with Gasteiger partial charge in [0.1, 0.15) is 6.10 Å². The molecule has 2 rings (SSSR count). The normalized spacial score (nSPS) is 26.6. The minimum absolute atomic E-state index is 0.0384. The van der Waals surface area contributed by atoms with Crippen molar-refractivity contribution in [1.29, 1.82) is 0 Å². The van der Waals surface area contributed by atoms with Crippen LogP contribution in [0, 0.1) is 11.3 Å². The van der Waals surface area contributed by atoms with E-state index in [0.29, 0.717) is 11.5 Å². The average molecular weight is 247 g/mol. The third-order valence-electron chi connectivity index (χ3n) is 3.52. The second-order valence-corrected chi connectivity index (χ2v) is 6.18. The molecular weight excluding hydrogens is 226 g/mol. The monoisotopic (exact) mass is 247 g/mol. The zero-order valence-electron chi connectivity index (χ0n) is 11.3. The molecule has 1 aromatic heterocycles. The van der Waals surface area contributed by atoms with E-state index in [0.717, 1.165) is 12.8 Å². The highest BCUT2D eigenvalue weighted by Crippen LogP contribution is 2.39. The number of rotatable bonds is 2. The van der Waals surface area contributed by atoms with Crippen LogP contribution < -0.4 is 0 Å². The van der Waals surface area contributed by atoms with Crippen LogP contribution in [-0.2, 0) is 4.74 Å². The molecule has 0 aliphatic heterocycles. The van der Waals surface area contributed by atoms with Gasteiger partial charge < -0.3 is 4.74 Å². The van der Waals surface area contributed by atoms with E-state index in [1.807, 2.05) is 0 Å². The second kappa shape index (κ2) is 5.09. The molecule has 18 heavy (non-hydrogen) atoms. The van der Waals surface area contributed by atoms with Gasteiger partial charge in [0, 0.05) is 12.4 Å². The van der Waals surface area contributed by atoms with Crippen LogP contribution in [0.4, 0.5) is 0 Å². The van der Waals surface area contributed by atoms with Gasteiger partial charge in [0.15, 0.2) is 0 Å². The largest absolute Gasteiger partial charge is 0.459 e. The Morgan fingerprint density at radius 3 is 2.83 bits per heavy atom. The molecule has 0 amide bonds. The summed E-state index contributed by atoms with van der Waals surface area (Å²) in [5, 5.41) is 0. The van der Waals surface area contributed by atoms with Gasteiger partial charge >= 0.3 is 5.97 Å². The fraction of sp³-hybridized carbons (Fsp3) is 0.600.